The Balaban J connectivity index is 1.18. The summed E-state index contributed by atoms with van der Waals surface area (Å²) in [7, 11) is 1.41. The highest BCUT2D eigenvalue weighted by atomic mass is 19.3. The molecule has 0 radical (unpaired) electrons. The Hall–Kier alpha value is -3.61. The third-order valence-corrected chi connectivity index (χ3v) is 9.50. The molecule has 3 aliphatic heterocycles. The van der Waals surface area contributed by atoms with Crippen LogP contribution in [0.4, 0.5) is 8.78 Å². The van der Waals surface area contributed by atoms with Crippen LogP contribution >= 0.6 is 0 Å². The predicted octanol–water partition coefficient (Wildman–Crippen LogP) is 3.81. The zero-order chi connectivity index (χ0) is 32.2. The molecule has 1 amide bonds. The van der Waals surface area contributed by atoms with E-state index in [1.807, 2.05) is 29.2 Å². The maximum Gasteiger partial charge on any atom is 0.387 e. The Labute approximate surface area is 268 Å². The van der Waals surface area contributed by atoms with Gasteiger partial charge in [0.2, 0.25) is 0 Å². The number of ether oxygens (including phenoxy) is 4. The lowest BCUT2D eigenvalue weighted by molar-refractivity contribution is -0.148. The average Bonchev–Trinajstić information content (AvgIpc) is 3.07. The highest BCUT2D eigenvalue weighted by Gasteiger charge is 2.39. The van der Waals surface area contributed by atoms with Crippen molar-refractivity contribution in [3.8, 4) is 11.5 Å². The molecule has 0 spiro atoms. The molecule has 3 fully saturated rings. The van der Waals surface area contributed by atoms with Crippen LogP contribution in [0, 0.1) is 0 Å². The van der Waals surface area contributed by atoms with Crippen LogP contribution in [0.25, 0.3) is 0 Å². The van der Waals surface area contributed by atoms with Gasteiger partial charge in [-0.2, -0.15) is 8.78 Å². The van der Waals surface area contributed by atoms with Crippen molar-refractivity contribution in [2.24, 2.45) is 4.99 Å². The third kappa shape index (κ3) is 7.34. The van der Waals surface area contributed by atoms with E-state index in [4.69, 9.17) is 23.9 Å². The number of rotatable bonds is 9. The largest absolute Gasteiger partial charge is 0.493 e. The summed E-state index contributed by atoms with van der Waals surface area (Å²) in [5, 5.41) is 0. The molecule has 3 heterocycles. The van der Waals surface area contributed by atoms with Crippen LogP contribution in [-0.4, -0.2) is 124 Å². The molecule has 0 bridgehead atoms. The number of morpholine rings is 1. The van der Waals surface area contributed by atoms with Gasteiger partial charge in [-0.3, -0.25) is 24.4 Å². The number of carbonyl (C=O) groups is 2. The Bertz CT molecular complexity index is 1420. The number of hydrogen-bond donors (Lipinski definition) is 0. The van der Waals surface area contributed by atoms with Crippen molar-refractivity contribution in [3.63, 3.8) is 0 Å². The molecule has 0 N–H and O–H groups in total. The van der Waals surface area contributed by atoms with Gasteiger partial charge >= 0.3 is 12.6 Å². The fraction of sp³-hybridized carbons (Fsp3) is 0.559. The summed E-state index contributed by atoms with van der Waals surface area (Å²) < 4.78 is 47.9. The van der Waals surface area contributed by atoms with E-state index >= 15 is 0 Å². The fourth-order valence-electron chi connectivity index (χ4n) is 7.08. The van der Waals surface area contributed by atoms with Gasteiger partial charge in [-0.15, -0.1) is 0 Å². The number of carbonyl (C=O) groups excluding carboxylic acids is 2. The molecule has 2 aromatic rings. The van der Waals surface area contributed by atoms with Gasteiger partial charge in [-0.1, -0.05) is 12.1 Å². The quantitative estimate of drug-likeness (QED) is 0.383. The first kappa shape index (κ1) is 32.3. The van der Waals surface area contributed by atoms with E-state index in [1.165, 1.54) is 14.0 Å². The van der Waals surface area contributed by atoms with E-state index < -0.39 is 6.61 Å². The van der Waals surface area contributed by atoms with Gasteiger partial charge < -0.3 is 23.8 Å². The Morgan fingerprint density at radius 3 is 2.30 bits per heavy atom. The summed E-state index contributed by atoms with van der Waals surface area (Å²) in [6.07, 6.45) is 1.60. The second-order valence-corrected chi connectivity index (χ2v) is 12.3. The number of piperazine rings is 1. The number of benzene rings is 2. The van der Waals surface area contributed by atoms with E-state index in [0.717, 1.165) is 69.2 Å². The minimum absolute atomic E-state index is 0.00433. The second kappa shape index (κ2) is 14.4. The summed E-state index contributed by atoms with van der Waals surface area (Å²) in [6, 6.07) is 10.6. The average molecular weight is 641 g/mol. The standard InChI is InChI=1S/C34H42F2N4O6/c1-22(41)45-25-7-8-29-27(19-25)26-20-31(46-34(35)36)30(43-2)21-28(26)32(37-29)23-3-5-24(6-4-23)33(42)40-13-11-38(12-14-40)9-10-39-15-17-44-18-16-39/h3-6,20-21,25,27,29,34H,7-19H2,1-2H3. The summed E-state index contributed by atoms with van der Waals surface area (Å²) >= 11 is 0. The number of aliphatic imine (C=N–C) groups is 1. The molecule has 12 heteroatoms. The number of fused-ring (bicyclic) bond motifs is 3. The van der Waals surface area contributed by atoms with Gasteiger partial charge in [0.15, 0.2) is 11.5 Å². The summed E-state index contributed by atoms with van der Waals surface area (Å²) in [5.74, 6) is -0.359. The van der Waals surface area contributed by atoms with Crippen LogP contribution in [0.5, 0.6) is 11.5 Å². The zero-order valence-electron chi connectivity index (χ0n) is 26.5. The van der Waals surface area contributed by atoms with Gasteiger partial charge in [-0.05, 0) is 49.1 Å². The first-order valence-electron chi connectivity index (χ1n) is 16.1. The van der Waals surface area contributed by atoms with E-state index in [9.17, 15) is 18.4 Å². The third-order valence-electron chi connectivity index (χ3n) is 9.50. The smallest absolute Gasteiger partial charge is 0.387 e. The minimum Gasteiger partial charge on any atom is -0.493 e. The summed E-state index contributed by atoms with van der Waals surface area (Å²) in [6.45, 7) is 7.01. The van der Waals surface area contributed by atoms with Gasteiger partial charge in [0.25, 0.3) is 5.91 Å². The molecule has 10 nitrogen and oxygen atoms in total. The van der Waals surface area contributed by atoms with Crippen LogP contribution in [0.2, 0.25) is 0 Å². The monoisotopic (exact) mass is 640 g/mol. The van der Waals surface area contributed by atoms with Crippen molar-refractivity contribution in [1.29, 1.82) is 0 Å². The predicted molar refractivity (Wildman–Crippen MR) is 167 cm³/mol. The van der Waals surface area contributed by atoms with E-state index in [0.29, 0.717) is 43.6 Å². The number of methoxy groups -OCH3 is 1. The first-order valence-corrected chi connectivity index (χ1v) is 16.1. The Morgan fingerprint density at radius 1 is 0.957 bits per heavy atom. The second-order valence-electron chi connectivity index (χ2n) is 12.3. The molecular formula is C34H42F2N4O6. The lowest BCUT2D eigenvalue weighted by Gasteiger charge is -2.38. The molecule has 3 unspecified atom stereocenters. The van der Waals surface area contributed by atoms with Crippen LogP contribution in [-0.2, 0) is 14.3 Å². The molecule has 4 aliphatic rings. The molecular weight excluding hydrogens is 598 g/mol. The first-order chi connectivity index (χ1) is 22.3. The van der Waals surface area contributed by atoms with Crippen molar-refractivity contribution in [2.45, 2.75) is 50.9 Å². The number of alkyl halides is 2. The number of amides is 1. The van der Waals surface area contributed by atoms with Crippen LogP contribution in [0.3, 0.4) is 0 Å². The molecule has 46 heavy (non-hydrogen) atoms. The van der Waals surface area contributed by atoms with Crippen molar-refractivity contribution in [2.75, 3.05) is 72.7 Å². The lowest BCUT2D eigenvalue weighted by Crippen LogP contribution is -2.51. The van der Waals surface area contributed by atoms with E-state index in [1.54, 1.807) is 12.1 Å². The van der Waals surface area contributed by atoms with Gasteiger partial charge in [0.1, 0.15) is 6.10 Å². The molecule has 6 rings (SSSR count). The van der Waals surface area contributed by atoms with Crippen LogP contribution in [0.1, 0.15) is 59.2 Å². The number of nitrogens with zero attached hydrogens (tertiary/aromatic N) is 4. The molecule has 0 aromatic heterocycles. The maximum absolute atomic E-state index is 13.4. The SMILES string of the molecule is COc1cc2c(cc1OC(F)F)C1CC(OC(C)=O)CCC1N=C2c1ccc(C(=O)N2CCN(CCN3CCOCC3)CC2)cc1. The molecule has 3 atom stereocenters. The summed E-state index contributed by atoms with van der Waals surface area (Å²) in [5.41, 5.74) is 3.68. The molecule has 2 aromatic carbocycles. The normalized spacial score (nSPS) is 23.7. The van der Waals surface area contributed by atoms with Gasteiger partial charge in [0, 0.05) is 81.9 Å². The van der Waals surface area contributed by atoms with Crippen LogP contribution in [0.15, 0.2) is 41.4 Å². The topological polar surface area (TPSA) is 93.1 Å². The molecule has 248 valence electrons. The highest BCUT2D eigenvalue weighted by molar-refractivity contribution is 6.15. The zero-order valence-corrected chi connectivity index (χ0v) is 26.5. The van der Waals surface area contributed by atoms with Crippen molar-refractivity contribution in [1.82, 2.24) is 14.7 Å². The Morgan fingerprint density at radius 2 is 1.65 bits per heavy atom. The molecule has 2 saturated heterocycles. The molecule has 1 saturated carbocycles. The minimum atomic E-state index is -3.01. The van der Waals surface area contributed by atoms with Crippen molar-refractivity contribution in [3.05, 3.63) is 58.7 Å². The fourth-order valence-corrected chi connectivity index (χ4v) is 7.08. The van der Waals surface area contributed by atoms with E-state index in [2.05, 4.69) is 9.80 Å². The highest BCUT2D eigenvalue weighted by Crippen LogP contribution is 2.45. The van der Waals surface area contributed by atoms with Gasteiger partial charge in [0.05, 0.1) is 32.1 Å². The van der Waals surface area contributed by atoms with E-state index in [-0.39, 0.29) is 41.4 Å². The molecule has 1 aliphatic carbocycles. The Kier molecular flexibility index (Phi) is 10.1. The number of esters is 1. The van der Waals surface area contributed by atoms with Crippen molar-refractivity contribution < 1.29 is 37.3 Å². The number of hydrogen-bond acceptors (Lipinski definition) is 9. The van der Waals surface area contributed by atoms with Gasteiger partial charge in [-0.25, -0.2) is 0 Å². The van der Waals surface area contributed by atoms with Crippen LogP contribution < -0.4 is 9.47 Å². The lowest BCUT2D eigenvalue weighted by atomic mass is 9.74. The maximum atomic E-state index is 13.4. The number of halogens is 2. The summed E-state index contributed by atoms with van der Waals surface area (Å²) in [4.78, 5) is 37.0. The van der Waals surface area contributed by atoms with Crippen molar-refractivity contribution >= 4 is 17.6 Å².